The first-order valence-corrected chi connectivity index (χ1v) is 9.89. The normalized spacial score (nSPS) is 15.1. The molecular weight excluding hydrogens is 336 g/mol. The van der Waals surface area contributed by atoms with Crippen LogP contribution >= 0.6 is 0 Å². The molecule has 2 aromatic rings. The Labute approximate surface area is 162 Å². The van der Waals surface area contributed by atoms with Gasteiger partial charge in [0.1, 0.15) is 0 Å². The number of piperidine rings is 1. The van der Waals surface area contributed by atoms with E-state index in [-0.39, 0.29) is 5.91 Å². The molecule has 1 saturated heterocycles. The molecule has 2 heterocycles. The van der Waals surface area contributed by atoms with Crippen molar-refractivity contribution in [1.82, 2.24) is 9.47 Å². The number of hydrogen-bond acceptors (Lipinski definition) is 3. The molecule has 5 nitrogen and oxygen atoms in total. The molecular formula is C22H32N4O. The predicted molar refractivity (Wildman–Crippen MR) is 112 cm³/mol. The van der Waals surface area contributed by atoms with Gasteiger partial charge in [0.2, 0.25) is 0 Å². The minimum atomic E-state index is -0.348. The molecule has 1 aliphatic heterocycles. The summed E-state index contributed by atoms with van der Waals surface area (Å²) in [5.41, 5.74) is 11.7. The van der Waals surface area contributed by atoms with Gasteiger partial charge in [-0.3, -0.25) is 4.79 Å². The van der Waals surface area contributed by atoms with Gasteiger partial charge >= 0.3 is 0 Å². The van der Waals surface area contributed by atoms with E-state index in [4.69, 9.17) is 5.73 Å². The molecule has 2 N–H and O–H groups in total. The molecule has 0 aliphatic carbocycles. The molecule has 0 spiro atoms. The van der Waals surface area contributed by atoms with Crippen LogP contribution in [0.4, 0.5) is 5.69 Å². The maximum absolute atomic E-state index is 12.3. The summed E-state index contributed by atoms with van der Waals surface area (Å²) in [6.07, 6.45) is 3.93. The predicted octanol–water partition coefficient (Wildman–Crippen LogP) is 3.42. The Balaban J connectivity index is 1.94. The molecule has 1 fully saturated rings. The second kappa shape index (κ2) is 8.17. The van der Waals surface area contributed by atoms with Gasteiger partial charge in [-0.15, -0.1) is 0 Å². The Morgan fingerprint density at radius 1 is 1.00 bits per heavy atom. The minimum absolute atomic E-state index is 0.348. The molecule has 5 heteroatoms. The summed E-state index contributed by atoms with van der Waals surface area (Å²) in [6, 6.07) is 8.33. The second-order valence-corrected chi connectivity index (χ2v) is 7.78. The van der Waals surface area contributed by atoms with E-state index in [1.807, 2.05) is 21.0 Å². The third-order valence-corrected chi connectivity index (χ3v) is 5.79. The van der Waals surface area contributed by atoms with Crippen LogP contribution in [0.1, 0.15) is 41.0 Å². The Morgan fingerprint density at radius 3 is 2.19 bits per heavy atom. The van der Waals surface area contributed by atoms with Gasteiger partial charge in [-0.05, 0) is 57.5 Å². The van der Waals surface area contributed by atoms with E-state index in [1.54, 1.807) is 0 Å². The van der Waals surface area contributed by atoms with Crippen molar-refractivity contribution in [3.05, 3.63) is 41.2 Å². The third kappa shape index (κ3) is 4.03. The summed E-state index contributed by atoms with van der Waals surface area (Å²) in [5, 5.41) is 0. The molecule has 0 bridgehead atoms. The van der Waals surface area contributed by atoms with Gasteiger partial charge in [-0.2, -0.15) is 0 Å². The summed E-state index contributed by atoms with van der Waals surface area (Å²) in [7, 11) is 4.05. The molecule has 1 amide bonds. The standard InChI is InChI=1S/C22H32N4O/c1-16-20(18-8-10-19(11-9-18)24(3)4)21(22(23)27)17(2)26(16)15-14-25-12-6-5-7-13-25/h8-11H,5-7,12-15H2,1-4H3,(H2,23,27). The lowest BCUT2D eigenvalue weighted by molar-refractivity contribution is 0.1000. The molecule has 3 rings (SSSR count). The molecule has 146 valence electrons. The topological polar surface area (TPSA) is 54.5 Å². The van der Waals surface area contributed by atoms with E-state index in [1.165, 1.54) is 32.4 Å². The number of benzene rings is 1. The highest BCUT2D eigenvalue weighted by Gasteiger charge is 2.23. The quantitative estimate of drug-likeness (QED) is 0.850. The van der Waals surface area contributed by atoms with Gasteiger partial charge in [-0.1, -0.05) is 18.6 Å². The van der Waals surface area contributed by atoms with Crippen LogP contribution in [0.15, 0.2) is 24.3 Å². The lowest BCUT2D eigenvalue weighted by Crippen LogP contribution is -2.32. The Kier molecular flexibility index (Phi) is 5.90. The van der Waals surface area contributed by atoms with Crippen molar-refractivity contribution < 1.29 is 4.79 Å². The van der Waals surface area contributed by atoms with E-state index in [0.717, 1.165) is 41.3 Å². The first-order valence-electron chi connectivity index (χ1n) is 9.89. The SMILES string of the molecule is Cc1c(C(N)=O)c(-c2ccc(N(C)C)cc2)c(C)n1CCN1CCCCC1. The summed E-state index contributed by atoms with van der Waals surface area (Å²) >= 11 is 0. The van der Waals surface area contributed by atoms with Gasteiger partial charge in [0.15, 0.2) is 0 Å². The van der Waals surface area contributed by atoms with Crippen molar-refractivity contribution in [3.8, 4) is 11.1 Å². The van der Waals surface area contributed by atoms with Gasteiger partial charge in [0.25, 0.3) is 5.91 Å². The fourth-order valence-corrected chi connectivity index (χ4v) is 4.22. The molecule has 1 aromatic carbocycles. The van der Waals surface area contributed by atoms with Crippen LogP contribution in [0, 0.1) is 13.8 Å². The monoisotopic (exact) mass is 368 g/mol. The fraction of sp³-hybridized carbons (Fsp3) is 0.500. The molecule has 1 aromatic heterocycles. The number of hydrogen-bond donors (Lipinski definition) is 1. The van der Waals surface area contributed by atoms with E-state index in [0.29, 0.717) is 5.56 Å². The van der Waals surface area contributed by atoms with Crippen LogP contribution in [0.2, 0.25) is 0 Å². The summed E-state index contributed by atoms with van der Waals surface area (Å²) < 4.78 is 2.27. The highest BCUT2D eigenvalue weighted by molar-refractivity contribution is 6.02. The van der Waals surface area contributed by atoms with Crippen LogP contribution in [-0.2, 0) is 6.54 Å². The van der Waals surface area contributed by atoms with Crippen molar-refractivity contribution in [2.45, 2.75) is 39.7 Å². The summed E-state index contributed by atoms with van der Waals surface area (Å²) in [5.74, 6) is -0.348. The fourth-order valence-electron chi connectivity index (χ4n) is 4.22. The molecule has 0 unspecified atom stereocenters. The second-order valence-electron chi connectivity index (χ2n) is 7.78. The number of nitrogens with zero attached hydrogens (tertiary/aromatic N) is 3. The first kappa shape index (κ1) is 19.5. The van der Waals surface area contributed by atoms with Crippen LogP contribution in [0.25, 0.3) is 11.1 Å². The lowest BCUT2D eigenvalue weighted by Gasteiger charge is -2.27. The van der Waals surface area contributed by atoms with E-state index >= 15 is 0 Å². The van der Waals surface area contributed by atoms with Crippen LogP contribution < -0.4 is 10.6 Å². The number of carbonyl (C=O) groups is 1. The zero-order valence-electron chi connectivity index (χ0n) is 17.1. The Bertz CT molecular complexity index is 799. The zero-order chi connectivity index (χ0) is 19.6. The molecule has 27 heavy (non-hydrogen) atoms. The molecule has 0 atom stereocenters. The first-order chi connectivity index (χ1) is 12.9. The number of likely N-dealkylation sites (tertiary alicyclic amines) is 1. The van der Waals surface area contributed by atoms with Crippen molar-refractivity contribution in [2.75, 3.05) is 38.6 Å². The highest BCUT2D eigenvalue weighted by Crippen LogP contribution is 2.33. The number of primary amides is 1. The average Bonchev–Trinajstić information content (AvgIpc) is 2.91. The Morgan fingerprint density at radius 2 is 1.63 bits per heavy atom. The number of anilines is 1. The third-order valence-electron chi connectivity index (χ3n) is 5.79. The molecule has 0 saturated carbocycles. The molecule has 0 radical (unpaired) electrons. The van der Waals surface area contributed by atoms with Crippen LogP contribution in [0.5, 0.6) is 0 Å². The van der Waals surface area contributed by atoms with Gasteiger partial charge in [0.05, 0.1) is 5.56 Å². The average molecular weight is 369 g/mol. The van der Waals surface area contributed by atoms with Gasteiger partial charge in [-0.25, -0.2) is 0 Å². The van der Waals surface area contributed by atoms with E-state index in [2.05, 4.69) is 45.6 Å². The zero-order valence-corrected chi connectivity index (χ0v) is 17.1. The van der Waals surface area contributed by atoms with Crippen molar-refractivity contribution in [3.63, 3.8) is 0 Å². The van der Waals surface area contributed by atoms with E-state index < -0.39 is 0 Å². The van der Waals surface area contributed by atoms with Crippen molar-refractivity contribution in [1.29, 1.82) is 0 Å². The molecule has 1 aliphatic rings. The number of rotatable bonds is 6. The summed E-state index contributed by atoms with van der Waals surface area (Å²) in [6.45, 7) is 8.40. The van der Waals surface area contributed by atoms with Crippen LogP contribution in [-0.4, -0.2) is 49.1 Å². The van der Waals surface area contributed by atoms with Gasteiger partial charge in [0, 0.05) is 49.8 Å². The maximum Gasteiger partial charge on any atom is 0.251 e. The van der Waals surface area contributed by atoms with Crippen molar-refractivity contribution >= 4 is 11.6 Å². The number of amides is 1. The van der Waals surface area contributed by atoms with Crippen molar-refractivity contribution in [2.24, 2.45) is 5.73 Å². The smallest absolute Gasteiger partial charge is 0.251 e. The number of nitrogens with two attached hydrogens (primary N) is 1. The largest absolute Gasteiger partial charge is 0.378 e. The maximum atomic E-state index is 12.3. The Hall–Kier alpha value is -2.27. The van der Waals surface area contributed by atoms with E-state index in [9.17, 15) is 4.79 Å². The van der Waals surface area contributed by atoms with Gasteiger partial charge < -0.3 is 20.1 Å². The minimum Gasteiger partial charge on any atom is -0.378 e. The number of carbonyl (C=O) groups excluding carboxylic acids is 1. The number of aromatic nitrogens is 1. The highest BCUT2D eigenvalue weighted by atomic mass is 16.1. The van der Waals surface area contributed by atoms with Crippen LogP contribution in [0.3, 0.4) is 0 Å². The lowest BCUT2D eigenvalue weighted by atomic mass is 10.00. The summed E-state index contributed by atoms with van der Waals surface area (Å²) in [4.78, 5) is 16.8.